The SMILES string of the molecule is CCN(CC)CCCNc1nc(C)cn1C1CCCCC1. The number of aromatic nitrogens is 2. The Hall–Kier alpha value is -1.03. The van der Waals surface area contributed by atoms with Gasteiger partial charge in [0.15, 0.2) is 0 Å². The molecule has 0 spiro atoms. The van der Waals surface area contributed by atoms with E-state index in [2.05, 4.69) is 46.7 Å². The number of aryl methyl sites for hydroxylation is 1. The first kappa shape index (κ1) is 16.3. The molecule has 1 saturated carbocycles. The number of hydrogen-bond donors (Lipinski definition) is 1. The molecule has 120 valence electrons. The van der Waals surface area contributed by atoms with Gasteiger partial charge in [0.25, 0.3) is 0 Å². The van der Waals surface area contributed by atoms with Crippen LogP contribution in [0.1, 0.15) is 64.1 Å². The van der Waals surface area contributed by atoms with E-state index in [9.17, 15) is 0 Å². The first-order valence-electron chi connectivity index (χ1n) is 8.76. The van der Waals surface area contributed by atoms with Crippen LogP contribution in [0.5, 0.6) is 0 Å². The van der Waals surface area contributed by atoms with Gasteiger partial charge in [0.1, 0.15) is 0 Å². The second-order valence-corrected chi connectivity index (χ2v) is 6.21. The summed E-state index contributed by atoms with van der Waals surface area (Å²) in [4.78, 5) is 7.15. The molecule has 1 aliphatic carbocycles. The van der Waals surface area contributed by atoms with Crippen LogP contribution in [0.15, 0.2) is 6.20 Å². The number of nitrogens with zero attached hydrogens (tertiary/aromatic N) is 3. The maximum absolute atomic E-state index is 4.68. The van der Waals surface area contributed by atoms with Crippen molar-refractivity contribution in [2.45, 2.75) is 65.3 Å². The third-order valence-corrected chi connectivity index (χ3v) is 4.65. The highest BCUT2D eigenvalue weighted by Gasteiger charge is 2.18. The third-order valence-electron chi connectivity index (χ3n) is 4.65. The van der Waals surface area contributed by atoms with Gasteiger partial charge in [-0.25, -0.2) is 4.98 Å². The number of nitrogens with one attached hydrogen (secondary N) is 1. The van der Waals surface area contributed by atoms with Gasteiger partial charge >= 0.3 is 0 Å². The van der Waals surface area contributed by atoms with Crippen LogP contribution in [0.2, 0.25) is 0 Å². The molecule has 0 radical (unpaired) electrons. The number of anilines is 1. The number of imidazole rings is 1. The van der Waals surface area contributed by atoms with E-state index < -0.39 is 0 Å². The van der Waals surface area contributed by atoms with E-state index in [0.717, 1.165) is 31.3 Å². The Kier molecular flexibility index (Phi) is 6.55. The van der Waals surface area contributed by atoms with E-state index in [-0.39, 0.29) is 0 Å². The lowest BCUT2D eigenvalue weighted by Gasteiger charge is -2.25. The molecule has 0 unspecified atom stereocenters. The lowest BCUT2D eigenvalue weighted by Crippen LogP contribution is -2.26. The highest BCUT2D eigenvalue weighted by Crippen LogP contribution is 2.30. The summed E-state index contributed by atoms with van der Waals surface area (Å²) in [7, 11) is 0. The molecule has 1 fully saturated rings. The van der Waals surface area contributed by atoms with E-state index in [0.29, 0.717) is 6.04 Å². The maximum Gasteiger partial charge on any atom is 0.203 e. The molecule has 2 rings (SSSR count). The maximum atomic E-state index is 4.68. The molecule has 0 aromatic carbocycles. The van der Waals surface area contributed by atoms with Crippen molar-refractivity contribution in [3.63, 3.8) is 0 Å². The predicted molar refractivity (Wildman–Crippen MR) is 90.0 cm³/mol. The Bertz CT molecular complexity index is 403. The monoisotopic (exact) mass is 292 g/mol. The molecule has 4 nitrogen and oxygen atoms in total. The molecular formula is C17H32N4. The normalized spacial score (nSPS) is 16.6. The zero-order valence-corrected chi connectivity index (χ0v) is 14.1. The molecule has 4 heteroatoms. The van der Waals surface area contributed by atoms with Crippen molar-refractivity contribution >= 4 is 5.95 Å². The topological polar surface area (TPSA) is 33.1 Å². The lowest BCUT2D eigenvalue weighted by molar-refractivity contribution is 0.302. The largest absolute Gasteiger partial charge is 0.356 e. The third kappa shape index (κ3) is 4.73. The van der Waals surface area contributed by atoms with Gasteiger partial charge in [0, 0.05) is 18.8 Å². The first-order valence-corrected chi connectivity index (χ1v) is 8.76. The van der Waals surface area contributed by atoms with Crippen LogP contribution < -0.4 is 5.32 Å². The molecule has 0 atom stereocenters. The minimum atomic E-state index is 0.658. The smallest absolute Gasteiger partial charge is 0.203 e. The van der Waals surface area contributed by atoms with Gasteiger partial charge in [0.2, 0.25) is 5.95 Å². The van der Waals surface area contributed by atoms with Gasteiger partial charge in [-0.1, -0.05) is 33.1 Å². The average Bonchev–Trinajstić information content (AvgIpc) is 2.89. The van der Waals surface area contributed by atoms with Crippen molar-refractivity contribution < 1.29 is 0 Å². The van der Waals surface area contributed by atoms with Crippen molar-refractivity contribution in [1.29, 1.82) is 0 Å². The molecular weight excluding hydrogens is 260 g/mol. The molecule has 1 aliphatic rings. The fourth-order valence-electron chi connectivity index (χ4n) is 3.33. The van der Waals surface area contributed by atoms with Crippen molar-refractivity contribution in [3.05, 3.63) is 11.9 Å². The Morgan fingerprint density at radius 2 is 1.95 bits per heavy atom. The highest BCUT2D eigenvalue weighted by molar-refractivity contribution is 5.29. The van der Waals surface area contributed by atoms with E-state index in [1.54, 1.807) is 0 Å². The van der Waals surface area contributed by atoms with Gasteiger partial charge in [0.05, 0.1) is 5.69 Å². The zero-order valence-electron chi connectivity index (χ0n) is 14.1. The Labute approximate surface area is 129 Å². The van der Waals surface area contributed by atoms with Crippen LogP contribution in [-0.4, -0.2) is 40.6 Å². The highest BCUT2D eigenvalue weighted by atomic mass is 15.2. The van der Waals surface area contributed by atoms with Gasteiger partial charge in [-0.2, -0.15) is 0 Å². The molecule has 1 aromatic rings. The molecule has 1 heterocycles. The van der Waals surface area contributed by atoms with Gasteiger partial charge in [-0.05, 0) is 45.8 Å². The van der Waals surface area contributed by atoms with Crippen LogP contribution >= 0.6 is 0 Å². The van der Waals surface area contributed by atoms with Crippen molar-refractivity contribution in [2.75, 3.05) is 31.5 Å². The Morgan fingerprint density at radius 1 is 1.24 bits per heavy atom. The van der Waals surface area contributed by atoms with Crippen LogP contribution in [0.25, 0.3) is 0 Å². The Morgan fingerprint density at radius 3 is 2.62 bits per heavy atom. The van der Waals surface area contributed by atoms with E-state index in [4.69, 9.17) is 0 Å². The Balaban J connectivity index is 1.85. The fraction of sp³-hybridized carbons (Fsp3) is 0.824. The van der Waals surface area contributed by atoms with Crippen molar-refractivity contribution in [2.24, 2.45) is 0 Å². The first-order chi connectivity index (χ1) is 10.2. The van der Waals surface area contributed by atoms with Crippen LogP contribution in [0.4, 0.5) is 5.95 Å². The van der Waals surface area contributed by atoms with E-state index >= 15 is 0 Å². The minimum Gasteiger partial charge on any atom is -0.356 e. The number of rotatable bonds is 8. The number of hydrogen-bond acceptors (Lipinski definition) is 3. The lowest BCUT2D eigenvalue weighted by atomic mass is 9.95. The summed E-state index contributed by atoms with van der Waals surface area (Å²) in [6, 6.07) is 0.658. The van der Waals surface area contributed by atoms with Gasteiger partial charge < -0.3 is 14.8 Å². The zero-order chi connectivity index (χ0) is 15.1. The van der Waals surface area contributed by atoms with Gasteiger partial charge in [-0.15, -0.1) is 0 Å². The second kappa shape index (κ2) is 8.42. The predicted octanol–water partition coefficient (Wildman–Crippen LogP) is 3.84. The summed E-state index contributed by atoms with van der Waals surface area (Å²) in [6.07, 6.45) is 10.2. The summed E-state index contributed by atoms with van der Waals surface area (Å²) in [6.45, 7) is 11.0. The van der Waals surface area contributed by atoms with Gasteiger partial charge in [-0.3, -0.25) is 0 Å². The van der Waals surface area contributed by atoms with Crippen molar-refractivity contribution in [1.82, 2.24) is 14.5 Å². The molecule has 0 saturated heterocycles. The quantitative estimate of drug-likeness (QED) is 0.739. The molecule has 0 bridgehead atoms. The van der Waals surface area contributed by atoms with Crippen LogP contribution in [0.3, 0.4) is 0 Å². The van der Waals surface area contributed by atoms with Crippen LogP contribution in [-0.2, 0) is 0 Å². The minimum absolute atomic E-state index is 0.658. The standard InChI is InChI=1S/C17H32N4/c1-4-20(5-2)13-9-12-18-17-19-15(3)14-21(17)16-10-7-6-8-11-16/h14,16H,4-13H2,1-3H3,(H,18,19). The van der Waals surface area contributed by atoms with Crippen LogP contribution in [0, 0.1) is 6.92 Å². The summed E-state index contributed by atoms with van der Waals surface area (Å²) in [5.41, 5.74) is 1.13. The molecule has 1 N–H and O–H groups in total. The average molecular weight is 292 g/mol. The molecule has 0 amide bonds. The van der Waals surface area contributed by atoms with E-state index in [1.807, 2.05) is 0 Å². The summed E-state index contributed by atoms with van der Waals surface area (Å²) < 4.78 is 2.39. The summed E-state index contributed by atoms with van der Waals surface area (Å²) in [5.74, 6) is 1.08. The fourth-order valence-corrected chi connectivity index (χ4v) is 3.33. The molecule has 21 heavy (non-hydrogen) atoms. The molecule has 1 aromatic heterocycles. The molecule has 0 aliphatic heterocycles. The summed E-state index contributed by atoms with van der Waals surface area (Å²) in [5, 5.41) is 3.56. The summed E-state index contributed by atoms with van der Waals surface area (Å²) >= 11 is 0. The van der Waals surface area contributed by atoms with Crippen molar-refractivity contribution in [3.8, 4) is 0 Å². The second-order valence-electron chi connectivity index (χ2n) is 6.21. The van der Waals surface area contributed by atoms with E-state index in [1.165, 1.54) is 45.1 Å².